The average molecular weight is 417 g/mol. The van der Waals surface area contributed by atoms with Gasteiger partial charge in [0, 0.05) is 10.8 Å². The smallest absolute Gasteiger partial charge is 0.182 e. The number of halogens is 3. The van der Waals surface area contributed by atoms with E-state index >= 15 is 4.39 Å². The molecule has 0 aliphatic heterocycles. The summed E-state index contributed by atoms with van der Waals surface area (Å²) in [6, 6.07) is 6.96. The molecule has 1 atom stereocenters. The van der Waals surface area contributed by atoms with Crippen molar-refractivity contribution in [2.24, 2.45) is 5.92 Å². The molecule has 4 rings (SSSR count). The Morgan fingerprint density at radius 3 is 2.55 bits per heavy atom. The van der Waals surface area contributed by atoms with Gasteiger partial charge in [0.15, 0.2) is 11.6 Å². The summed E-state index contributed by atoms with van der Waals surface area (Å²) < 4.78 is 49.1. The third-order valence-corrected chi connectivity index (χ3v) is 6.73. The van der Waals surface area contributed by atoms with Gasteiger partial charge in [-0.15, -0.1) is 11.3 Å². The van der Waals surface area contributed by atoms with Crippen LogP contribution in [0, 0.1) is 17.6 Å². The third-order valence-electron chi connectivity index (χ3n) is 5.52. The highest BCUT2D eigenvalue weighted by Crippen LogP contribution is 2.41. The van der Waals surface area contributed by atoms with Gasteiger partial charge in [-0.2, -0.15) is 0 Å². The fourth-order valence-electron chi connectivity index (χ4n) is 3.78. The summed E-state index contributed by atoms with van der Waals surface area (Å²) in [5.74, 6) is -0.439. The second-order valence-electron chi connectivity index (χ2n) is 7.79. The molecule has 1 aliphatic rings. The normalized spacial score (nSPS) is 17.8. The van der Waals surface area contributed by atoms with Gasteiger partial charge in [0.05, 0.1) is 15.2 Å². The first kappa shape index (κ1) is 20.0. The third kappa shape index (κ3) is 4.06. The Morgan fingerprint density at radius 2 is 1.86 bits per heavy atom. The van der Waals surface area contributed by atoms with Crippen molar-refractivity contribution >= 4 is 31.5 Å². The highest BCUT2D eigenvalue weighted by molar-refractivity contribution is 7.25. The standard InChI is InChI=1S/C24H23F3OS/c1-14-3-5-16(6-4-14)13-17-7-8-18-19-9-10-20(28-12-11-15(2)25)22(27)24(19)29-23(18)21(17)26/h5,7-11,14H,3-4,6,12-13H2,1-2H3/b15-11-. The van der Waals surface area contributed by atoms with Crippen molar-refractivity contribution in [2.45, 2.75) is 39.5 Å². The van der Waals surface area contributed by atoms with E-state index in [1.165, 1.54) is 24.6 Å². The topological polar surface area (TPSA) is 9.23 Å². The quantitative estimate of drug-likeness (QED) is 0.385. The van der Waals surface area contributed by atoms with Crippen LogP contribution in [0.1, 0.15) is 38.7 Å². The lowest BCUT2D eigenvalue weighted by Crippen LogP contribution is -2.04. The van der Waals surface area contributed by atoms with E-state index in [1.807, 2.05) is 12.1 Å². The second-order valence-corrected chi connectivity index (χ2v) is 8.81. The van der Waals surface area contributed by atoms with Crippen molar-refractivity contribution in [1.82, 2.24) is 0 Å². The highest BCUT2D eigenvalue weighted by atomic mass is 32.1. The van der Waals surface area contributed by atoms with Gasteiger partial charge in [-0.25, -0.2) is 13.2 Å². The zero-order valence-electron chi connectivity index (χ0n) is 16.5. The van der Waals surface area contributed by atoms with Crippen LogP contribution in [0.25, 0.3) is 20.2 Å². The minimum atomic E-state index is -0.529. The molecule has 0 radical (unpaired) electrons. The van der Waals surface area contributed by atoms with E-state index in [4.69, 9.17) is 4.74 Å². The Labute approximate surface area is 172 Å². The molecule has 29 heavy (non-hydrogen) atoms. The number of fused-ring (bicyclic) bond motifs is 3. The Morgan fingerprint density at radius 1 is 1.14 bits per heavy atom. The summed E-state index contributed by atoms with van der Waals surface area (Å²) in [7, 11) is 0. The van der Waals surface area contributed by atoms with Crippen molar-refractivity contribution in [3.63, 3.8) is 0 Å². The Bertz CT molecular complexity index is 1120. The van der Waals surface area contributed by atoms with Crippen LogP contribution in [-0.2, 0) is 6.42 Å². The number of hydrogen-bond donors (Lipinski definition) is 0. The predicted octanol–water partition coefficient (Wildman–Crippen LogP) is 7.87. The summed E-state index contributed by atoms with van der Waals surface area (Å²) in [4.78, 5) is 0. The summed E-state index contributed by atoms with van der Waals surface area (Å²) in [5, 5.41) is 1.38. The molecule has 0 N–H and O–H groups in total. The van der Waals surface area contributed by atoms with Crippen LogP contribution in [0.3, 0.4) is 0 Å². The van der Waals surface area contributed by atoms with Crippen molar-refractivity contribution in [3.8, 4) is 5.75 Å². The van der Waals surface area contributed by atoms with Gasteiger partial charge in [-0.3, -0.25) is 0 Å². The second kappa shape index (κ2) is 8.23. The number of thiophene rings is 1. The Kier molecular flexibility index (Phi) is 5.68. The van der Waals surface area contributed by atoms with Crippen molar-refractivity contribution in [3.05, 3.63) is 65.0 Å². The lowest BCUT2D eigenvalue weighted by atomic mass is 9.88. The zero-order chi connectivity index (χ0) is 20.5. The van der Waals surface area contributed by atoms with Gasteiger partial charge in [0.1, 0.15) is 12.4 Å². The van der Waals surface area contributed by atoms with E-state index in [-0.39, 0.29) is 24.0 Å². The molecule has 1 aliphatic carbocycles. The number of hydrogen-bond acceptors (Lipinski definition) is 2. The minimum Gasteiger partial charge on any atom is -0.486 e. The molecule has 0 saturated carbocycles. The van der Waals surface area contributed by atoms with E-state index in [2.05, 4.69) is 13.0 Å². The van der Waals surface area contributed by atoms with E-state index in [1.54, 1.807) is 6.07 Å². The predicted molar refractivity (Wildman–Crippen MR) is 114 cm³/mol. The van der Waals surface area contributed by atoms with Gasteiger partial charge in [-0.1, -0.05) is 30.7 Å². The van der Waals surface area contributed by atoms with Crippen molar-refractivity contribution in [1.29, 1.82) is 0 Å². The van der Waals surface area contributed by atoms with Crippen LogP contribution >= 0.6 is 11.3 Å². The molecule has 152 valence electrons. The molecular formula is C24H23F3OS. The molecule has 0 saturated heterocycles. The molecule has 3 aromatic rings. The molecule has 1 unspecified atom stereocenters. The fourth-order valence-corrected chi connectivity index (χ4v) is 4.97. The van der Waals surface area contributed by atoms with Crippen LogP contribution in [0.4, 0.5) is 13.2 Å². The van der Waals surface area contributed by atoms with Gasteiger partial charge in [0.25, 0.3) is 0 Å². The Hall–Kier alpha value is -2.27. The summed E-state index contributed by atoms with van der Waals surface area (Å²) in [6.07, 6.45) is 7.28. The first-order valence-corrected chi connectivity index (χ1v) is 10.7. The first-order valence-electron chi connectivity index (χ1n) is 9.89. The molecule has 0 bridgehead atoms. The molecular weight excluding hydrogens is 393 g/mol. The largest absolute Gasteiger partial charge is 0.486 e. The van der Waals surface area contributed by atoms with Crippen LogP contribution in [0.15, 0.2) is 47.8 Å². The van der Waals surface area contributed by atoms with E-state index in [0.717, 1.165) is 30.6 Å². The molecule has 0 fully saturated rings. The summed E-state index contributed by atoms with van der Waals surface area (Å²) in [5.41, 5.74) is 1.94. The van der Waals surface area contributed by atoms with E-state index in [0.29, 0.717) is 38.1 Å². The van der Waals surface area contributed by atoms with E-state index < -0.39 is 5.82 Å². The Balaban J connectivity index is 1.69. The summed E-state index contributed by atoms with van der Waals surface area (Å²) >= 11 is 1.11. The van der Waals surface area contributed by atoms with Gasteiger partial charge >= 0.3 is 0 Å². The number of rotatable bonds is 5. The SMILES string of the molecule is C/C(F)=C/COc1ccc2c(sc3c(F)c(CC4=CCC(C)CC4)ccc32)c1F. The zero-order valence-corrected chi connectivity index (χ0v) is 17.3. The molecule has 2 aromatic carbocycles. The van der Waals surface area contributed by atoms with Crippen LogP contribution in [-0.4, -0.2) is 6.61 Å². The lowest BCUT2D eigenvalue weighted by molar-refractivity contribution is 0.340. The molecule has 1 heterocycles. The fraction of sp³-hybridized carbons (Fsp3) is 0.333. The number of allylic oxidation sites excluding steroid dienone is 3. The average Bonchev–Trinajstić information content (AvgIpc) is 3.08. The van der Waals surface area contributed by atoms with E-state index in [9.17, 15) is 8.78 Å². The highest BCUT2D eigenvalue weighted by Gasteiger charge is 2.19. The number of benzene rings is 2. The monoisotopic (exact) mass is 416 g/mol. The van der Waals surface area contributed by atoms with Gasteiger partial charge in [-0.05, 0) is 62.3 Å². The minimum absolute atomic E-state index is 0.0451. The van der Waals surface area contributed by atoms with Gasteiger partial charge in [0.2, 0.25) is 0 Å². The first-order chi connectivity index (χ1) is 13.9. The maximum absolute atomic E-state index is 15.2. The molecule has 1 nitrogen and oxygen atoms in total. The van der Waals surface area contributed by atoms with Gasteiger partial charge < -0.3 is 4.74 Å². The van der Waals surface area contributed by atoms with Crippen LogP contribution in [0.2, 0.25) is 0 Å². The molecule has 5 heteroatoms. The maximum atomic E-state index is 15.2. The maximum Gasteiger partial charge on any atom is 0.182 e. The lowest BCUT2D eigenvalue weighted by Gasteiger charge is -2.18. The van der Waals surface area contributed by atoms with Crippen LogP contribution in [0.5, 0.6) is 5.75 Å². The molecule has 0 amide bonds. The molecule has 0 spiro atoms. The molecule has 1 aromatic heterocycles. The van der Waals surface area contributed by atoms with Crippen LogP contribution < -0.4 is 4.74 Å². The van der Waals surface area contributed by atoms with Crippen molar-refractivity contribution < 1.29 is 17.9 Å². The summed E-state index contributed by atoms with van der Waals surface area (Å²) in [6.45, 7) is 3.49. The van der Waals surface area contributed by atoms with Crippen molar-refractivity contribution in [2.75, 3.05) is 6.61 Å². The number of ether oxygens (including phenoxy) is 1.